The first-order valence-electron chi connectivity index (χ1n) is 10.1. The van der Waals surface area contributed by atoms with Crippen LogP contribution in [-0.2, 0) is 6.42 Å². The zero-order chi connectivity index (χ0) is 19.5. The summed E-state index contributed by atoms with van der Waals surface area (Å²) < 4.78 is 2.33. The molecule has 2 aliphatic heterocycles. The van der Waals surface area contributed by atoms with Gasteiger partial charge in [0.1, 0.15) is 17.5 Å². The molecule has 0 spiro atoms. The molecular formula is C25H22N4. The number of aryl methyl sites for hydroxylation is 1. The number of nitrogens with zero attached hydrogens (tertiary/aromatic N) is 4. The Morgan fingerprint density at radius 3 is 2.48 bits per heavy atom. The second-order valence-electron chi connectivity index (χ2n) is 7.85. The van der Waals surface area contributed by atoms with Crippen LogP contribution in [0.25, 0.3) is 16.7 Å². The first kappa shape index (κ1) is 16.4. The van der Waals surface area contributed by atoms with Crippen LogP contribution in [0.2, 0.25) is 0 Å². The molecular weight excluding hydrogens is 356 g/mol. The van der Waals surface area contributed by atoms with Crippen molar-refractivity contribution < 1.29 is 0 Å². The van der Waals surface area contributed by atoms with Gasteiger partial charge in [-0.2, -0.15) is 0 Å². The summed E-state index contributed by atoms with van der Waals surface area (Å²) in [5.41, 5.74) is 8.52. The third-order valence-electron chi connectivity index (χ3n) is 6.16. The van der Waals surface area contributed by atoms with Crippen molar-refractivity contribution >= 4 is 22.4 Å². The Morgan fingerprint density at radius 1 is 0.862 bits per heavy atom. The fourth-order valence-corrected chi connectivity index (χ4v) is 4.73. The van der Waals surface area contributed by atoms with E-state index in [0.29, 0.717) is 0 Å². The molecule has 4 heteroatoms. The zero-order valence-corrected chi connectivity index (χ0v) is 16.6. The minimum absolute atomic E-state index is 0.186. The van der Waals surface area contributed by atoms with Gasteiger partial charge in [0, 0.05) is 24.5 Å². The number of hydrogen-bond donors (Lipinski definition) is 0. The number of anilines is 2. The molecule has 0 saturated heterocycles. The third-order valence-corrected chi connectivity index (χ3v) is 6.16. The molecule has 0 amide bonds. The summed E-state index contributed by atoms with van der Waals surface area (Å²) in [5.74, 6) is 1.13. The quantitative estimate of drug-likeness (QED) is 0.412. The number of fused-ring (bicyclic) bond motifs is 5. The van der Waals surface area contributed by atoms with Gasteiger partial charge >= 0.3 is 0 Å². The normalized spacial score (nSPS) is 17.2. The van der Waals surface area contributed by atoms with Gasteiger partial charge in [-0.3, -0.25) is 4.57 Å². The molecule has 1 atom stereocenters. The molecule has 0 fully saturated rings. The predicted molar refractivity (Wildman–Crippen MR) is 119 cm³/mol. The lowest BCUT2D eigenvalue weighted by atomic mass is 10.1. The largest absolute Gasteiger partial charge is 0.326 e. The highest BCUT2D eigenvalue weighted by Gasteiger charge is 2.30. The molecule has 0 unspecified atom stereocenters. The number of imidazole rings is 1. The summed E-state index contributed by atoms with van der Waals surface area (Å²) in [6.07, 6.45) is 5.42. The lowest BCUT2D eigenvalue weighted by molar-refractivity contribution is 0.750. The van der Waals surface area contributed by atoms with Crippen LogP contribution in [0.4, 0.5) is 11.4 Å². The molecule has 6 rings (SSSR count). The monoisotopic (exact) mass is 378 g/mol. The van der Waals surface area contributed by atoms with Gasteiger partial charge in [-0.15, -0.1) is 0 Å². The fraction of sp³-hybridized carbons (Fsp3) is 0.160. The van der Waals surface area contributed by atoms with E-state index in [1.807, 2.05) is 0 Å². The Hall–Kier alpha value is -3.53. The number of hydrogen-bond acceptors (Lipinski definition) is 3. The highest BCUT2D eigenvalue weighted by molar-refractivity contribution is 5.94. The smallest absolute Gasteiger partial charge is 0.119 e. The van der Waals surface area contributed by atoms with Crippen LogP contribution in [0.15, 0.2) is 79.1 Å². The third kappa shape index (κ3) is 2.29. The molecule has 2 aliphatic rings. The van der Waals surface area contributed by atoms with Crippen molar-refractivity contribution in [2.75, 3.05) is 9.80 Å². The Balaban J connectivity index is 1.49. The van der Waals surface area contributed by atoms with Gasteiger partial charge in [0.05, 0.1) is 16.9 Å². The number of benzene rings is 3. The molecule has 0 aliphatic carbocycles. The van der Waals surface area contributed by atoms with Crippen LogP contribution in [0.1, 0.15) is 23.9 Å². The minimum Gasteiger partial charge on any atom is -0.326 e. The average molecular weight is 378 g/mol. The van der Waals surface area contributed by atoms with Crippen LogP contribution in [0.5, 0.6) is 0 Å². The molecule has 4 aromatic rings. The summed E-state index contributed by atoms with van der Waals surface area (Å²) in [6, 6.07) is 23.6. The summed E-state index contributed by atoms with van der Waals surface area (Å²) in [7, 11) is 0. The van der Waals surface area contributed by atoms with Crippen molar-refractivity contribution in [1.29, 1.82) is 0 Å². The standard InChI is InChI=1S/C25H22N4/c1-17-12-13-22-24(26-23-16-19-8-6-7-11-21(19)29(22)23)25(17)28-15-14-27(18(28)2)20-9-4-3-5-10-20/h3-15,18H,16H2,1-2H3/t18-/m0/s1. The van der Waals surface area contributed by atoms with Gasteiger partial charge < -0.3 is 9.80 Å². The van der Waals surface area contributed by atoms with E-state index in [9.17, 15) is 0 Å². The summed E-state index contributed by atoms with van der Waals surface area (Å²) in [5, 5.41) is 0. The lowest BCUT2D eigenvalue weighted by Crippen LogP contribution is -2.36. The fourth-order valence-electron chi connectivity index (χ4n) is 4.73. The van der Waals surface area contributed by atoms with E-state index in [2.05, 4.69) is 107 Å². The van der Waals surface area contributed by atoms with Crippen molar-refractivity contribution in [1.82, 2.24) is 9.55 Å². The topological polar surface area (TPSA) is 24.3 Å². The average Bonchev–Trinajstić information content (AvgIpc) is 3.40. The zero-order valence-electron chi connectivity index (χ0n) is 16.6. The van der Waals surface area contributed by atoms with Crippen LogP contribution < -0.4 is 9.80 Å². The molecule has 0 saturated carbocycles. The molecule has 0 N–H and O–H groups in total. The van der Waals surface area contributed by atoms with E-state index in [0.717, 1.165) is 17.8 Å². The molecule has 3 heterocycles. The molecule has 0 bridgehead atoms. The van der Waals surface area contributed by atoms with Crippen LogP contribution in [0.3, 0.4) is 0 Å². The van der Waals surface area contributed by atoms with E-state index in [-0.39, 0.29) is 6.17 Å². The van der Waals surface area contributed by atoms with E-state index in [1.165, 1.54) is 33.7 Å². The summed E-state index contributed by atoms with van der Waals surface area (Å²) in [4.78, 5) is 9.76. The van der Waals surface area contributed by atoms with Crippen molar-refractivity contribution in [3.05, 3.63) is 96.1 Å². The first-order valence-corrected chi connectivity index (χ1v) is 10.1. The Kier molecular flexibility index (Phi) is 3.39. The Labute approximate surface area is 170 Å². The SMILES string of the molecule is Cc1ccc2c(nc3n2-c2ccccc2C3)c1N1C=CN(c2ccccc2)[C@@H]1C. The molecule has 1 aromatic heterocycles. The Bertz CT molecular complexity index is 1270. The highest BCUT2D eigenvalue weighted by Crippen LogP contribution is 2.39. The molecule has 4 nitrogen and oxygen atoms in total. The van der Waals surface area contributed by atoms with Crippen molar-refractivity contribution in [3.63, 3.8) is 0 Å². The maximum absolute atomic E-state index is 5.11. The van der Waals surface area contributed by atoms with Gasteiger partial charge in [0.25, 0.3) is 0 Å². The van der Waals surface area contributed by atoms with E-state index >= 15 is 0 Å². The summed E-state index contributed by atoms with van der Waals surface area (Å²) >= 11 is 0. The number of aromatic nitrogens is 2. The maximum Gasteiger partial charge on any atom is 0.119 e. The summed E-state index contributed by atoms with van der Waals surface area (Å²) in [6.45, 7) is 4.42. The van der Waals surface area contributed by atoms with Gasteiger partial charge in [-0.1, -0.05) is 42.5 Å². The number of rotatable bonds is 2. The van der Waals surface area contributed by atoms with E-state index < -0.39 is 0 Å². The molecule has 142 valence electrons. The van der Waals surface area contributed by atoms with Crippen molar-refractivity contribution in [2.45, 2.75) is 26.4 Å². The Morgan fingerprint density at radius 2 is 1.62 bits per heavy atom. The van der Waals surface area contributed by atoms with Crippen LogP contribution >= 0.6 is 0 Å². The second kappa shape index (κ2) is 5.98. The molecule has 3 aromatic carbocycles. The van der Waals surface area contributed by atoms with Gasteiger partial charge in [0.15, 0.2) is 0 Å². The molecule has 29 heavy (non-hydrogen) atoms. The minimum atomic E-state index is 0.186. The highest BCUT2D eigenvalue weighted by atomic mass is 15.4. The van der Waals surface area contributed by atoms with Crippen LogP contribution in [-0.4, -0.2) is 15.7 Å². The maximum atomic E-state index is 5.11. The first-order chi connectivity index (χ1) is 14.2. The van der Waals surface area contributed by atoms with Crippen LogP contribution in [0, 0.1) is 6.92 Å². The van der Waals surface area contributed by atoms with Gasteiger partial charge in [0.2, 0.25) is 0 Å². The molecule has 0 radical (unpaired) electrons. The van der Waals surface area contributed by atoms with Gasteiger partial charge in [-0.05, 0) is 49.2 Å². The van der Waals surface area contributed by atoms with Gasteiger partial charge in [-0.25, -0.2) is 4.98 Å². The lowest BCUT2D eigenvalue weighted by Gasteiger charge is -2.31. The van der Waals surface area contributed by atoms with Crippen molar-refractivity contribution in [3.8, 4) is 5.69 Å². The predicted octanol–water partition coefficient (Wildman–Crippen LogP) is 5.38. The van der Waals surface area contributed by atoms with E-state index in [1.54, 1.807) is 0 Å². The van der Waals surface area contributed by atoms with E-state index in [4.69, 9.17) is 4.98 Å². The second-order valence-corrected chi connectivity index (χ2v) is 7.85. The number of para-hydroxylation sites is 2. The van der Waals surface area contributed by atoms with Crippen molar-refractivity contribution in [2.24, 2.45) is 0 Å².